The van der Waals surface area contributed by atoms with E-state index in [1.807, 2.05) is 31.2 Å². The molecule has 0 saturated heterocycles. The van der Waals surface area contributed by atoms with Crippen molar-refractivity contribution in [2.45, 2.75) is 6.92 Å². The Labute approximate surface area is 134 Å². The van der Waals surface area contributed by atoms with Gasteiger partial charge in [0.05, 0.1) is 12.8 Å². The Kier molecular flexibility index (Phi) is 5.49. The first-order valence-corrected chi connectivity index (χ1v) is 7.04. The van der Waals surface area contributed by atoms with Crippen molar-refractivity contribution in [3.05, 3.63) is 53.1 Å². The van der Waals surface area contributed by atoms with Gasteiger partial charge in [-0.3, -0.25) is 0 Å². The molecule has 0 aromatic heterocycles. The summed E-state index contributed by atoms with van der Waals surface area (Å²) in [6, 6.07) is 12.1. The lowest BCUT2D eigenvalue weighted by molar-refractivity contribution is 0.234. The van der Waals surface area contributed by atoms with Crippen molar-refractivity contribution in [1.82, 2.24) is 5.32 Å². The van der Waals surface area contributed by atoms with Crippen LogP contribution in [0.15, 0.2) is 42.5 Å². The Balaban J connectivity index is 1.85. The van der Waals surface area contributed by atoms with Crippen LogP contribution in [-0.2, 0) is 0 Å². The van der Waals surface area contributed by atoms with Gasteiger partial charge in [-0.1, -0.05) is 29.3 Å². The summed E-state index contributed by atoms with van der Waals surface area (Å²) in [5.74, 6) is 1.21. The first-order chi connectivity index (χ1) is 10.6. The molecule has 6 heteroatoms. The Morgan fingerprint density at radius 1 is 1.18 bits per heavy atom. The second-order valence-corrected chi connectivity index (χ2v) is 5.01. The van der Waals surface area contributed by atoms with E-state index in [0.29, 0.717) is 22.2 Å². The van der Waals surface area contributed by atoms with Crippen LogP contribution in [0.25, 0.3) is 0 Å². The largest absolute Gasteiger partial charge is 0.495 e. The van der Waals surface area contributed by atoms with E-state index in [-0.39, 0.29) is 6.73 Å². The van der Waals surface area contributed by atoms with Crippen molar-refractivity contribution in [2.24, 2.45) is 0 Å². The molecule has 116 valence electrons. The van der Waals surface area contributed by atoms with Gasteiger partial charge in [0.25, 0.3) is 0 Å². The Morgan fingerprint density at radius 3 is 2.59 bits per heavy atom. The number of hydrogen-bond donors (Lipinski definition) is 2. The summed E-state index contributed by atoms with van der Waals surface area (Å²) in [4.78, 5) is 11.8. The van der Waals surface area contributed by atoms with Gasteiger partial charge in [-0.2, -0.15) is 0 Å². The second-order valence-electron chi connectivity index (χ2n) is 4.58. The zero-order valence-corrected chi connectivity index (χ0v) is 13.1. The summed E-state index contributed by atoms with van der Waals surface area (Å²) in [5, 5.41) is 5.76. The van der Waals surface area contributed by atoms with Crippen molar-refractivity contribution in [2.75, 3.05) is 19.2 Å². The van der Waals surface area contributed by atoms with Crippen LogP contribution in [0.3, 0.4) is 0 Å². The summed E-state index contributed by atoms with van der Waals surface area (Å²) in [7, 11) is 1.52. The maximum absolute atomic E-state index is 11.8. The fraction of sp³-hybridized carbons (Fsp3) is 0.188. The first kappa shape index (κ1) is 16.0. The van der Waals surface area contributed by atoms with Gasteiger partial charge in [-0.15, -0.1) is 0 Å². The molecule has 5 nitrogen and oxygen atoms in total. The number of amides is 2. The van der Waals surface area contributed by atoms with Crippen LogP contribution in [0.2, 0.25) is 5.02 Å². The van der Waals surface area contributed by atoms with Crippen LogP contribution in [0, 0.1) is 6.92 Å². The molecule has 0 aliphatic rings. The highest BCUT2D eigenvalue weighted by Gasteiger charge is 2.07. The Bertz CT molecular complexity index is 644. The van der Waals surface area contributed by atoms with Crippen molar-refractivity contribution in [1.29, 1.82) is 0 Å². The number of aryl methyl sites for hydroxylation is 1. The lowest BCUT2D eigenvalue weighted by Gasteiger charge is -2.12. The van der Waals surface area contributed by atoms with Gasteiger partial charge in [-0.05, 0) is 37.3 Å². The van der Waals surface area contributed by atoms with E-state index in [9.17, 15) is 4.79 Å². The highest BCUT2D eigenvalue weighted by atomic mass is 35.5. The SMILES string of the molecule is COc1ccc(Cl)cc1NC(=O)NCOc1ccc(C)cc1. The minimum Gasteiger partial charge on any atom is -0.495 e. The minimum atomic E-state index is -0.410. The normalized spacial score (nSPS) is 9.95. The third-order valence-electron chi connectivity index (χ3n) is 2.90. The molecule has 0 atom stereocenters. The van der Waals surface area contributed by atoms with E-state index >= 15 is 0 Å². The first-order valence-electron chi connectivity index (χ1n) is 6.66. The van der Waals surface area contributed by atoms with Crippen molar-refractivity contribution in [3.8, 4) is 11.5 Å². The van der Waals surface area contributed by atoms with Crippen molar-refractivity contribution in [3.63, 3.8) is 0 Å². The maximum atomic E-state index is 11.8. The molecule has 0 fully saturated rings. The van der Waals surface area contributed by atoms with Gasteiger partial charge >= 0.3 is 6.03 Å². The van der Waals surface area contributed by atoms with Gasteiger partial charge in [0.2, 0.25) is 0 Å². The Hall–Kier alpha value is -2.40. The zero-order valence-electron chi connectivity index (χ0n) is 12.4. The number of hydrogen-bond acceptors (Lipinski definition) is 3. The predicted molar refractivity (Wildman–Crippen MR) is 86.8 cm³/mol. The minimum absolute atomic E-state index is 0.0533. The van der Waals surface area contributed by atoms with Crippen LogP contribution in [-0.4, -0.2) is 19.9 Å². The number of benzene rings is 2. The van der Waals surface area contributed by atoms with Crippen LogP contribution in [0.1, 0.15) is 5.56 Å². The predicted octanol–water partition coefficient (Wildman–Crippen LogP) is 3.82. The Morgan fingerprint density at radius 2 is 1.91 bits per heavy atom. The monoisotopic (exact) mass is 320 g/mol. The molecule has 0 aliphatic carbocycles. The number of carbonyl (C=O) groups excluding carboxylic acids is 1. The number of ether oxygens (including phenoxy) is 2. The molecule has 2 amide bonds. The summed E-state index contributed by atoms with van der Waals surface area (Å²) < 4.78 is 10.6. The molecule has 2 aromatic rings. The highest BCUT2D eigenvalue weighted by Crippen LogP contribution is 2.27. The van der Waals surface area contributed by atoms with E-state index in [2.05, 4.69) is 10.6 Å². The average molecular weight is 321 g/mol. The standard InChI is InChI=1S/C16H17ClN2O3/c1-11-3-6-13(7-4-11)22-10-18-16(20)19-14-9-12(17)5-8-15(14)21-2/h3-9H,10H2,1-2H3,(H2,18,19,20). The van der Waals surface area contributed by atoms with Crippen molar-refractivity contribution < 1.29 is 14.3 Å². The molecule has 0 saturated carbocycles. The number of nitrogens with one attached hydrogen (secondary N) is 2. The smallest absolute Gasteiger partial charge is 0.321 e. The van der Waals surface area contributed by atoms with Gasteiger partial charge in [0.15, 0.2) is 6.73 Å². The lowest BCUT2D eigenvalue weighted by Crippen LogP contribution is -2.32. The van der Waals surface area contributed by atoms with Crippen LogP contribution in [0.4, 0.5) is 10.5 Å². The number of carbonyl (C=O) groups is 1. The summed E-state index contributed by atoms with van der Waals surface area (Å²) in [6.45, 7) is 2.05. The molecule has 2 rings (SSSR count). The number of anilines is 1. The van der Waals surface area contributed by atoms with Crippen molar-refractivity contribution >= 4 is 23.3 Å². The molecule has 2 aromatic carbocycles. The number of rotatable bonds is 5. The average Bonchev–Trinajstić information content (AvgIpc) is 2.49. The molecule has 0 heterocycles. The number of urea groups is 1. The fourth-order valence-corrected chi connectivity index (χ4v) is 1.94. The topological polar surface area (TPSA) is 59.6 Å². The molecular formula is C16H17ClN2O3. The van der Waals surface area contributed by atoms with Gasteiger partial charge in [-0.25, -0.2) is 4.79 Å². The van der Waals surface area contributed by atoms with Gasteiger partial charge in [0.1, 0.15) is 11.5 Å². The molecule has 0 radical (unpaired) electrons. The molecule has 0 bridgehead atoms. The molecule has 22 heavy (non-hydrogen) atoms. The van der Waals surface area contributed by atoms with Crippen LogP contribution >= 0.6 is 11.6 Å². The third kappa shape index (κ3) is 4.56. The van der Waals surface area contributed by atoms with Crippen LogP contribution < -0.4 is 20.1 Å². The summed E-state index contributed by atoms with van der Waals surface area (Å²) in [6.07, 6.45) is 0. The van der Waals surface area contributed by atoms with E-state index in [1.54, 1.807) is 18.2 Å². The molecule has 0 unspecified atom stereocenters. The van der Waals surface area contributed by atoms with E-state index < -0.39 is 6.03 Å². The highest BCUT2D eigenvalue weighted by molar-refractivity contribution is 6.31. The maximum Gasteiger partial charge on any atom is 0.321 e. The summed E-state index contributed by atoms with van der Waals surface area (Å²) >= 11 is 5.90. The number of halogens is 1. The van der Waals surface area contributed by atoms with Gasteiger partial charge in [0, 0.05) is 5.02 Å². The third-order valence-corrected chi connectivity index (χ3v) is 3.14. The lowest BCUT2D eigenvalue weighted by atomic mass is 10.2. The summed E-state index contributed by atoms with van der Waals surface area (Å²) in [5.41, 5.74) is 1.63. The molecular weight excluding hydrogens is 304 g/mol. The fourth-order valence-electron chi connectivity index (χ4n) is 1.76. The van der Waals surface area contributed by atoms with Gasteiger partial charge < -0.3 is 20.1 Å². The van der Waals surface area contributed by atoms with E-state index in [0.717, 1.165) is 5.56 Å². The molecule has 0 spiro atoms. The molecule has 2 N–H and O–H groups in total. The quantitative estimate of drug-likeness (QED) is 0.823. The van der Waals surface area contributed by atoms with E-state index in [1.165, 1.54) is 7.11 Å². The zero-order chi connectivity index (χ0) is 15.9. The van der Waals surface area contributed by atoms with E-state index in [4.69, 9.17) is 21.1 Å². The number of methoxy groups -OCH3 is 1. The van der Waals surface area contributed by atoms with Crippen LogP contribution in [0.5, 0.6) is 11.5 Å². The second kappa shape index (κ2) is 7.56. The molecule has 0 aliphatic heterocycles.